The van der Waals surface area contributed by atoms with Gasteiger partial charge in [0.2, 0.25) is 0 Å². The first kappa shape index (κ1) is 27.6. The average Bonchev–Trinajstić information content (AvgIpc) is 3.30. The summed E-state index contributed by atoms with van der Waals surface area (Å²) < 4.78 is 32.3. The van der Waals surface area contributed by atoms with Gasteiger partial charge in [0.1, 0.15) is 5.75 Å². The van der Waals surface area contributed by atoms with Crippen LogP contribution in [0.25, 0.3) is 0 Å². The summed E-state index contributed by atoms with van der Waals surface area (Å²) in [7, 11) is 6.29. The van der Waals surface area contributed by atoms with Gasteiger partial charge in [0, 0.05) is 12.5 Å². The Kier molecular flexibility index (Phi) is 9.14. The van der Waals surface area contributed by atoms with Crippen LogP contribution in [0.5, 0.6) is 28.7 Å². The number of carbonyl (C=O) groups is 2. The van der Waals surface area contributed by atoms with Crippen LogP contribution in [-0.4, -0.2) is 47.1 Å². The molecule has 1 saturated heterocycles. The summed E-state index contributed by atoms with van der Waals surface area (Å²) in [5.74, 6) is 2.18. The summed E-state index contributed by atoms with van der Waals surface area (Å²) in [6.45, 7) is 0.652. The Bertz CT molecular complexity index is 1290. The third kappa shape index (κ3) is 6.93. The third-order valence-electron chi connectivity index (χ3n) is 6.74. The van der Waals surface area contributed by atoms with Gasteiger partial charge in [-0.1, -0.05) is 24.3 Å². The fourth-order valence-corrected chi connectivity index (χ4v) is 4.60. The number of rotatable bonds is 11. The minimum absolute atomic E-state index is 0.00116. The highest BCUT2D eigenvalue weighted by Gasteiger charge is 2.37. The van der Waals surface area contributed by atoms with Crippen LogP contribution < -0.4 is 29.0 Å². The number of methoxy groups -OCH3 is 4. The average molecular weight is 536 g/mol. The van der Waals surface area contributed by atoms with Gasteiger partial charge >= 0.3 is 12.1 Å². The lowest BCUT2D eigenvalue weighted by Crippen LogP contribution is -2.26. The number of nitrogens with one attached hydrogen (secondary N) is 1. The van der Waals surface area contributed by atoms with Crippen molar-refractivity contribution in [2.75, 3.05) is 35.0 Å². The fourth-order valence-electron chi connectivity index (χ4n) is 4.60. The third-order valence-corrected chi connectivity index (χ3v) is 6.74. The molecule has 0 aromatic heterocycles. The van der Waals surface area contributed by atoms with Crippen molar-refractivity contribution in [3.05, 3.63) is 77.4 Å². The first-order valence-electron chi connectivity index (χ1n) is 12.6. The number of hydrogen-bond donors (Lipinski definition) is 1. The van der Waals surface area contributed by atoms with E-state index in [1.165, 1.54) is 7.11 Å². The molecule has 9 heteroatoms. The van der Waals surface area contributed by atoms with E-state index in [1.807, 2.05) is 48.5 Å². The molecule has 39 heavy (non-hydrogen) atoms. The molecule has 0 aliphatic carbocycles. The zero-order valence-corrected chi connectivity index (χ0v) is 22.5. The summed E-state index contributed by atoms with van der Waals surface area (Å²) in [6, 6.07) is 18.4. The molecule has 0 bridgehead atoms. The zero-order chi connectivity index (χ0) is 27.8. The predicted octanol–water partition coefficient (Wildman–Crippen LogP) is 4.58. The van der Waals surface area contributed by atoms with Crippen LogP contribution in [0.15, 0.2) is 60.7 Å². The number of benzene rings is 3. The molecule has 0 unspecified atom stereocenters. The standard InChI is InChI=1S/C30H33NO8/c1-34-23-9-5-19(6-10-23)17-31-30(33)39-26-12-8-21(16-28(26)37-4)14-24-22(18-38-29(24)32)13-20-7-11-25(35-2)27(15-20)36-3/h5-12,15-16,22,24H,13-14,17-18H2,1-4H3,(H,31,33)/t22-,24+/m0/s1. The summed E-state index contributed by atoms with van der Waals surface area (Å²) in [4.78, 5) is 25.0. The molecule has 2 atom stereocenters. The quantitative estimate of drug-likeness (QED) is 0.356. The van der Waals surface area contributed by atoms with E-state index >= 15 is 0 Å². The summed E-state index contributed by atoms with van der Waals surface area (Å²) in [5, 5.41) is 2.72. The zero-order valence-electron chi connectivity index (χ0n) is 22.5. The molecule has 1 aliphatic heterocycles. The highest BCUT2D eigenvalue weighted by Crippen LogP contribution is 2.35. The molecule has 1 heterocycles. The molecule has 0 saturated carbocycles. The Morgan fingerprint density at radius 3 is 2.00 bits per heavy atom. The monoisotopic (exact) mass is 535 g/mol. The van der Waals surface area contributed by atoms with Gasteiger partial charge in [-0.3, -0.25) is 4.79 Å². The van der Waals surface area contributed by atoms with Crippen molar-refractivity contribution >= 4 is 12.1 Å². The Morgan fingerprint density at radius 1 is 0.769 bits per heavy atom. The maximum atomic E-state index is 12.6. The number of amides is 1. The van der Waals surface area contributed by atoms with Crippen LogP contribution in [0, 0.1) is 11.8 Å². The lowest BCUT2D eigenvalue weighted by molar-refractivity contribution is -0.141. The Balaban J connectivity index is 1.38. The van der Waals surface area contributed by atoms with Crippen molar-refractivity contribution in [1.82, 2.24) is 5.32 Å². The first-order valence-corrected chi connectivity index (χ1v) is 12.6. The smallest absolute Gasteiger partial charge is 0.413 e. The highest BCUT2D eigenvalue weighted by atomic mass is 16.6. The number of carbonyl (C=O) groups excluding carboxylic acids is 2. The molecule has 0 radical (unpaired) electrons. The number of hydrogen-bond acceptors (Lipinski definition) is 8. The summed E-state index contributed by atoms with van der Waals surface area (Å²) in [6.07, 6.45) is 0.520. The highest BCUT2D eigenvalue weighted by molar-refractivity contribution is 5.75. The molecule has 0 spiro atoms. The van der Waals surface area contributed by atoms with E-state index in [1.54, 1.807) is 33.5 Å². The van der Waals surface area contributed by atoms with Crippen molar-refractivity contribution in [2.45, 2.75) is 19.4 Å². The summed E-state index contributed by atoms with van der Waals surface area (Å²) in [5.41, 5.74) is 2.81. The molecule has 1 amide bonds. The minimum atomic E-state index is -0.605. The molecule has 1 aliphatic rings. The molecule has 3 aromatic carbocycles. The van der Waals surface area contributed by atoms with Crippen LogP contribution in [0.3, 0.4) is 0 Å². The van der Waals surface area contributed by atoms with E-state index < -0.39 is 6.09 Å². The van der Waals surface area contributed by atoms with Gasteiger partial charge in [-0.2, -0.15) is 0 Å². The Hall–Kier alpha value is -4.40. The number of cyclic esters (lactones) is 1. The predicted molar refractivity (Wildman–Crippen MR) is 144 cm³/mol. The molecule has 9 nitrogen and oxygen atoms in total. The second kappa shape index (κ2) is 12.9. The first-order chi connectivity index (χ1) is 18.9. The van der Waals surface area contributed by atoms with Crippen molar-refractivity contribution in [1.29, 1.82) is 0 Å². The molecule has 206 valence electrons. The van der Waals surface area contributed by atoms with Gasteiger partial charge in [0.15, 0.2) is 23.0 Å². The summed E-state index contributed by atoms with van der Waals surface area (Å²) >= 11 is 0. The lowest BCUT2D eigenvalue weighted by Gasteiger charge is -2.17. The van der Waals surface area contributed by atoms with Gasteiger partial charge < -0.3 is 33.7 Å². The fraction of sp³-hybridized carbons (Fsp3) is 0.333. The van der Waals surface area contributed by atoms with Crippen LogP contribution in [0.2, 0.25) is 0 Å². The van der Waals surface area contributed by atoms with Crippen molar-refractivity contribution in [3.63, 3.8) is 0 Å². The van der Waals surface area contributed by atoms with E-state index in [0.29, 0.717) is 43.2 Å². The molecule has 1 fully saturated rings. The van der Waals surface area contributed by atoms with Crippen molar-refractivity contribution in [2.24, 2.45) is 11.8 Å². The molecular weight excluding hydrogens is 502 g/mol. The van der Waals surface area contributed by atoms with Gasteiger partial charge in [-0.25, -0.2) is 4.79 Å². The van der Waals surface area contributed by atoms with E-state index in [2.05, 4.69) is 5.32 Å². The largest absolute Gasteiger partial charge is 0.497 e. The Morgan fingerprint density at radius 2 is 1.36 bits per heavy atom. The Labute approximate surface area is 227 Å². The van der Waals surface area contributed by atoms with E-state index in [0.717, 1.165) is 22.4 Å². The minimum Gasteiger partial charge on any atom is -0.497 e. The van der Waals surface area contributed by atoms with Gasteiger partial charge in [-0.05, 0) is 65.9 Å². The van der Waals surface area contributed by atoms with Crippen LogP contribution in [-0.2, 0) is 28.9 Å². The lowest BCUT2D eigenvalue weighted by atomic mass is 9.85. The molecule has 3 aromatic rings. The number of ether oxygens (including phenoxy) is 6. The molecule has 1 N–H and O–H groups in total. The van der Waals surface area contributed by atoms with E-state index in [-0.39, 0.29) is 23.6 Å². The maximum absolute atomic E-state index is 12.6. The number of esters is 1. The maximum Gasteiger partial charge on any atom is 0.413 e. The van der Waals surface area contributed by atoms with Crippen LogP contribution in [0.1, 0.15) is 16.7 Å². The van der Waals surface area contributed by atoms with Gasteiger partial charge in [0.25, 0.3) is 0 Å². The van der Waals surface area contributed by atoms with E-state index in [4.69, 9.17) is 28.4 Å². The molecular formula is C30H33NO8. The van der Waals surface area contributed by atoms with E-state index in [9.17, 15) is 9.59 Å². The normalized spacial score (nSPS) is 16.3. The topological polar surface area (TPSA) is 102 Å². The van der Waals surface area contributed by atoms with Crippen molar-refractivity contribution < 1.29 is 38.0 Å². The SMILES string of the molecule is COc1ccc(CNC(=O)Oc2ccc(C[C@H]3C(=O)OC[C@@H]3Cc3ccc(OC)c(OC)c3)cc2OC)cc1. The molecule has 4 rings (SSSR count). The van der Waals surface area contributed by atoms with Crippen LogP contribution >= 0.6 is 0 Å². The van der Waals surface area contributed by atoms with Gasteiger partial charge in [-0.15, -0.1) is 0 Å². The van der Waals surface area contributed by atoms with Gasteiger partial charge in [0.05, 0.1) is 41.0 Å². The second-order valence-electron chi connectivity index (χ2n) is 9.17. The van der Waals surface area contributed by atoms with Crippen molar-refractivity contribution in [3.8, 4) is 28.7 Å². The van der Waals surface area contributed by atoms with Crippen LogP contribution in [0.4, 0.5) is 4.79 Å². The second-order valence-corrected chi connectivity index (χ2v) is 9.17.